The van der Waals surface area contributed by atoms with Crippen molar-refractivity contribution in [3.8, 4) is 0 Å². The van der Waals surface area contributed by atoms with Gasteiger partial charge in [0.1, 0.15) is 6.54 Å². The second-order valence-electron chi connectivity index (χ2n) is 4.71. The highest BCUT2D eigenvalue weighted by molar-refractivity contribution is 5.56. The van der Waals surface area contributed by atoms with E-state index in [-0.39, 0.29) is 6.04 Å². The fraction of sp³-hybridized carbons (Fsp3) is 0.538. The molecule has 0 aliphatic heterocycles. The number of aliphatic hydroxyl groups excluding tert-OH is 1. The lowest BCUT2D eigenvalue weighted by Crippen LogP contribution is -2.36. The van der Waals surface area contributed by atoms with Crippen molar-refractivity contribution in [2.75, 3.05) is 11.4 Å². The van der Waals surface area contributed by atoms with Gasteiger partial charge in [-0.2, -0.15) is 13.2 Å². The largest absolute Gasteiger partial charge is 0.405 e. The molecule has 0 saturated heterocycles. The molecular formula is C13H16F3NO. The average molecular weight is 259 g/mol. The second-order valence-corrected chi connectivity index (χ2v) is 4.71. The van der Waals surface area contributed by atoms with Crippen LogP contribution in [0.2, 0.25) is 0 Å². The SMILES string of the molecule is CC(O)c1ccccc1N(CC(F)(F)F)C1CC1. The minimum Gasteiger partial charge on any atom is -0.389 e. The molecule has 2 nitrogen and oxygen atoms in total. The highest BCUT2D eigenvalue weighted by atomic mass is 19.4. The lowest BCUT2D eigenvalue weighted by atomic mass is 10.1. The van der Waals surface area contributed by atoms with Crippen LogP contribution in [0.4, 0.5) is 18.9 Å². The van der Waals surface area contributed by atoms with E-state index < -0.39 is 18.8 Å². The summed E-state index contributed by atoms with van der Waals surface area (Å²) in [5.41, 5.74) is 1.04. The molecule has 1 aromatic rings. The molecule has 1 atom stereocenters. The molecular weight excluding hydrogens is 243 g/mol. The van der Waals surface area contributed by atoms with Crippen LogP contribution < -0.4 is 4.90 Å². The molecule has 1 fully saturated rings. The van der Waals surface area contributed by atoms with Gasteiger partial charge in [0.2, 0.25) is 0 Å². The monoisotopic (exact) mass is 259 g/mol. The van der Waals surface area contributed by atoms with Gasteiger partial charge < -0.3 is 10.0 Å². The number of hydrogen-bond donors (Lipinski definition) is 1. The van der Waals surface area contributed by atoms with Crippen molar-refractivity contribution in [2.45, 2.75) is 38.1 Å². The first kappa shape index (κ1) is 13.2. The molecule has 0 aromatic heterocycles. The van der Waals surface area contributed by atoms with Crippen LogP contribution in [-0.2, 0) is 0 Å². The lowest BCUT2D eigenvalue weighted by Gasteiger charge is -2.28. The van der Waals surface area contributed by atoms with Crippen LogP contribution >= 0.6 is 0 Å². The van der Waals surface area contributed by atoms with Crippen molar-refractivity contribution in [2.24, 2.45) is 0 Å². The van der Waals surface area contributed by atoms with E-state index >= 15 is 0 Å². The minimum atomic E-state index is -4.23. The Hall–Kier alpha value is -1.23. The molecule has 1 unspecified atom stereocenters. The molecule has 0 bridgehead atoms. The topological polar surface area (TPSA) is 23.5 Å². The van der Waals surface area contributed by atoms with E-state index in [1.165, 1.54) is 4.90 Å². The molecule has 0 spiro atoms. The standard InChI is InChI=1S/C13H16F3NO/c1-9(18)11-4-2-3-5-12(11)17(10-6-7-10)8-13(14,15)16/h2-5,9-10,18H,6-8H2,1H3. The average Bonchev–Trinajstić information content (AvgIpc) is 3.08. The third-order valence-corrected chi connectivity index (χ3v) is 3.03. The third kappa shape index (κ3) is 3.16. The van der Waals surface area contributed by atoms with Crippen molar-refractivity contribution in [1.82, 2.24) is 0 Å². The van der Waals surface area contributed by atoms with Crippen LogP contribution in [0, 0.1) is 0 Å². The van der Waals surface area contributed by atoms with Crippen molar-refractivity contribution >= 4 is 5.69 Å². The van der Waals surface area contributed by atoms with Gasteiger partial charge in [-0.1, -0.05) is 18.2 Å². The summed E-state index contributed by atoms with van der Waals surface area (Å²) in [6.07, 6.45) is -3.43. The smallest absolute Gasteiger partial charge is 0.389 e. The van der Waals surface area contributed by atoms with Gasteiger partial charge in [0.25, 0.3) is 0 Å². The fourth-order valence-electron chi connectivity index (χ4n) is 2.09. The van der Waals surface area contributed by atoms with E-state index in [2.05, 4.69) is 0 Å². The Morgan fingerprint density at radius 2 is 1.94 bits per heavy atom. The molecule has 2 rings (SSSR count). The van der Waals surface area contributed by atoms with Gasteiger partial charge in [0, 0.05) is 17.3 Å². The molecule has 0 amide bonds. The Morgan fingerprint density at radius 1 is 1.33 bits per heavy atom. The van der Waals surface area contributed by atoms with Crippen molar-refractivity contribution in [3.63, 3.8) is 0 Å². The summed E-state index contributed by atoms with van der Waals surface area (Å²) in [5.74, 6) is 0. The molecule has 18 heavy (non-hydrogen) atoms. The van der Waals surface area contributed by atoms with E-state index in [1.54, 1.807) is 31.2 Å². The zero-order valence-corrected chi connectivity index (χ0v) is 10.1. The first-order valence-electron chi connectivity index (χ1n) is 5.99. The van der Waals surface area contributed by atoms with Crippen LogP contribution in [0.25, 0.3) is 0 Å². The van der Waals surface area contributed by atoms with Gasteiger partial charge in [0.05, 0.1) is 6.10 Å². The van der Waals surface area contributed by atoms with Gasteiger partial charge in [-0.25, -0.2) is 0 Å². The summed E-state index contributed by atoms with van der Waals surface area (Å²) in [6.45, 7) is 0.610. The predicted octanol–water partition coefficient (Wildman–Crippen LogP) is 3.27. The molecule has 1 aliphatic rings. The van der Waals surface area contributed by atoms with E-state index in [1.807, 2.05) is 0 Å². The van der Waals surface area contributed by atoms with Crippen molar-refractivity contribution in [3.05, 3.63) is 29.8 Å². The Bertz CT molecular complexity index is 413. The molecule has 1 N–H and O–H groups in total. The van der Waals surface area contributed by atoms with Crippen LogP contribution in [0.1, 0.15) is 31.4 Å². The van der Waals surface area contributed by atoms with Crippen LogP contribution in [0.3, 0.4) is 0 Å². The number of nitrogens with zero attached hydrogens (tertiary/aromatic N) is 1. The Kier molecular flexibility index (Phi) is 3.52. The number of aliphatic hydroxyl groups is 1. The number of halogens is 3. The maximum absolute atomic E-state index is 12.6. The van der Waals surface area contributed by atoms with E-state index in [0.717, 1.165) is 12.8 Å². The number of benzene rings is 1. The minimum absolute atomic E-state index is 0.0495. The quantitative estimate of drug-likeness (QED) is 0.897. The Balaban J connectivity index is 2.31. The Labute approximate surface area is 104 Å². The number of alkyl halides is 3. The van der Waals surface area contributed by atoms with E-state index in [4.69, 9.17) is 0 Å². The lowest BCUT2D eigenvalue weighted by molar-refractivity contribution is -0.120. The van der Waals surface area contributed by atoms with Crippen molar-refractivity contribution < 1.29 is 18.3 Å². The zero-order valence-electron chi connectivity index (χ0n) is 10.1. The van der Waals surface area contributed by atoms with Crippen molar-refractivity contribution in [1.29, 1.82) is 0 Å². The fourth-order valence-corrected chi connectivity index (χ4v) is 2.09. The maximum Gasteiger partial charge on any atom is 0.405 e. The summed E-state index contributed by atoms with van der Waals surface area (Å²) < 4.78 is 37.8. The summed E-state index contributed by atoms with van der Waals surface area (Å²) >= 11 is 0. The van der Waals surface area contributed by atoms with E-state index in [9.17, 15) is 18.3 Å². The molecule has 0 heterocycles. The summed E-state index contributed by atoms with van der Waals surface area (Å²) in [7, 11) is 0. The maximum atomic E-state index is 12.6. The van der Waals surface area contributed by atoms with Gasteiger partial charge in [-0.3, -0.25) is 0 Å². The summed E-state index contributed by atoms with van der Waals surface area (Å²) in [4.78, 5) is 1.36. The third-order valence-electron chi connectivity index (χ3n) is 3.03. The predicted molar refractivity (Wildman–Crippen MR) is 63.5 cm³/mol. The molecule has 0 radical (unpaired) electrons. The molecule has 100 valence electrons. The first-order chi connectivity index (χ1) is 8.38. The Morgan fingerprint density at radius 3 is 2.44 bits per heavy atom. The van der Waals surface area contributed by atoms with Gasteiger partial charge in [0.15, 0.2) is 0 Å². The number of para-hydroxylation sites is 1. The second kappa shape index (κ2) is 4.80. The van der Waals surface area contributed by atoms with E-state index in [0.29, 0.717) is 11.3 Å². The molecule has 1 saturated carbocycles. The number of rotatable bonds is 4. The molecule has 1 aliphatic carbocycles. The van der Waals surface area contributed by atoms with Gasteiger partial charge in [-0.15, -0.1) is 0 Å². The van der Waals surface area contributed by atoms with Crippen LogP contribution in [-0.4, -0.2) is 23.9 Å². The number of anilines is 1. The van der Waals surface area contributed by atoms with Gasteiger partial charge >= 0.3 is 6.18 Å². The molecule has 5 heteroatoms. The summed E-state index contributed by atoms with van der Waals surface area (Å²) in [5, 5.41) is 9.65. The highest BCUT2D eigenvalue weighted by Crippen LogP contribution is 2.37. The normalized spacial score (nSPS) is 17.6. The number of hydrogen-bond acceptors (Lipinski definition) is 2. The first-order valence-corrected chi connectivity index (χ1v) is 5.99. The molecule has 1 aromatic carbocycles. The highest BCUT2D eigenvalue weighted by Gasteiger charge is 2.39. The summed E-state index contributed by atoms with van der Waals surface area (Å²) in [6, 6.07) is 6.70. The zero-order chi connectivity index (χ0) is 13.3. The van der Waals surface area contributed by atoms with Crippen LogP contribution in [0.5, 0.6) is 0 Å². The van der Waals surface area contributed by atoms with Crippen LogP contribution in [0.15, 0.2) is 24.3 Å². The van der Waals surface area contributed by atoms with Gasteiger partial charge in [-0.05, 0) is 25.8 Å².